The summed E-state index contributed by atoms with van der Waals surface area (Å²) in [5.74, 6) is 0.703. The van der Waals surface area contributed by atoms with Crippen LogP contribution in [0.1, 0.15) is 65.2 Å². The van der Waals surface area contributed by atoms with Gasteiger partial charge in [0.1, 0.15) is 5.60 Å². The van der Waals surface area contributed by atoms with Crippen LogP contribution in [0.3, 0.4) is 0 Å². The van der Waals surface area contributed by atoms with Gasteiger partial charge in [-0.25, -0.2) is 0 Å². The van der Waals surface area contributed by atoms with Gasteiger partial charge >= 0.3 is 5.97 Å². The van der Waals surface area contributed by atoms with Gasteiger partial charge in [0.05, 0.1) is 11.5 Å². The van der Waals surface area contributed by atoms with E-state index in [9.17, 15) is 14.9 Å². The molecule has 5 aliphatic carbocycles. The summed E-state index contributed by atoms with van der Waals surface area (Å²) in [7, 11) is 0. The van der Waals surface area contributed by atoms with Gasteiger partial charge in [0.25, 0.3) is 0 Å². The number of allylic oxidation sites excluding steroid dienone is 4. The van der Waals surface area contributed by atoms with Gasteiger partial charge in [-0.1, -0.05) is 25.5 Å². The second-order valence-electron chi connectivity index (χ2n) is 10.8. The first-order chi connectivity index (χ1) is 13.7. The monoisotopic (exact) mass is 392 g/mol. The summed E-state index contributed by atoms with van der Waals surface area (Å²) >= 11 is 0. The maximum atomic E-state index is 12.9. The fraction of sp³-hybridized carbons (Fsp3) is 0.708. The van der Waals surface area contributed by atoms with Crippen LogP contribution in [-0.4, -0.2) is 17.4 Å². The number of esters is 1. The van der Waals surface area contributed by atoms with Crippen LogP contribution in [0, 0.1) is 45.3 Å². The predicted octanol–water partition coefficient (Wildman–Crippen LogP) is 3.55. The lowest BCUT2D eigenvalue weighted by molar-refractivity contribution is -0.161. The van der Waals surface area contributed by atoms with E-state index in [1.165, 1.54) is 5.57 Å². The molecule has 4 fully saturated rings. The third-order valence-corrected chi connectivity index (χ3v) is 10.3. The van der Waals surface area contributed by atoms with Gasteiger partial charge in [-0.15, -0.1) is 0 Å². The first-order valence-corrected chi connectivity index (χ1v) is 11.1. The molecule has 0 aromatic heterocycles. The third kappa shape index (κ3) is 1.64. The zero-order valence-corrected chi connectivity index (χ0v) is 17.2. The fourth-order valence-corrected chi connectivity index (χ4v) is 8.72. The molecular formula is C24H28N2O3. The average molecular weight is 392 g/mol. The van der Waals surface area contributed by atoms with Crippen LogP contribution in [0.2, 0.25) is 0 Å². The van der Waals surface area contributed by atoms with E-state index in [2.05, 4.69) is 26.0 Å². The lowest BCUT2D eigenvalue weighted by Crippen LogP contribution is -2.56. The van der Waals surface area contributed by atoms with Crippen molar-refractivity contribution in [3.63, 3.8) is 0 Å². The molecule has 0 aromatic rings. The van der Waals surface area contributed by atoms with Crippen LogP contribution in [0.4, 0.5) is 0 Å². The van der Waals surface area contributed by atoms with Crippen molar-refractivity contribution in [2.24, 2.45) is 39.7 Å². The Kier molecular flexibility index (Phi) is 3.04. The Balaban J connectivity index is 1.55. The van der Waals surface area contributed by atoms with E-state index in [0.717, 1.165) is 32.1 Å². The number of hydrogen-bond donors (Lipinski definition) is 1. The number of Topliss-reactive ketones (excluding diaryl/α,β-unsaturated/α-hetero) is 1. The molecule has 5 unspecified atom stereocenters. The number of fused-ring (bicyclic) bond motifs is 7. The van der Waals surface area contributed by atoms with Gasteiger partial charge in [0.2, 0.25) is 0 Å². The summed E-state index contributed by atoms with van der Waals surface area (Å²) in [6.07, 6.45) is 8.40. The number of nitrogens with two attached hydrogens (primary N) is 1. The van der Waals surface area contributed by atoms with Crippen LogP contribution < -0.4 is 5.73 Å². The minimum atomic E-state index is -0.761. The van der Waals surface area contributed by atoms with E-state index >= 15 is 0 Å². The molecule has 7 atom stereocenters. The SMILES string of the molecule is CC12CC=C3C(C4C[C@]5(C#N)C(=C4N)C(=O)CCC35C)C1CC[C@@]21CCC(=O)O1. The third-order valence-electron chi connectivity index (χ3n) is 10.3. The summed E-state index contributed by atoms with van der Waals surface area (Å²) in [6, 6.07) is 2.60. The Labute approximate surface area is 171 Å². The van der Waals surface area contributed by atoms with Gasteiger partial charge in [-0.2, -0.15) is 5.26 Å². The fourth-order valence-electron chi connectivity index (χ4n) is 8.72. The van der Waals surface area contributed by atoms with Crippen molar-refractivity contribution in [3.8, 4) is 6.07 Å². The number of ketones is 1. The molecule has 6 rings (SSSR count). The molecular weight excluding hydrogens is 364 g/mol. The number of carbonyl (C=O) groups excluding carboxylic acids is 2. The standard InChI is InChI=1S/C24H28N2O3/c1-21-8-5-16(27)19-20(26)13(11-23(19,21)12-25)18-14(21)3-7-22(2)15(18)4-9-24(22)10-6-17(28)29-24/h3,13,15,18H,4-11,26H2,1-2H3/t13?,15?,18?,21?,22?,23-,24+/m0/s1. The van der Waals surface area contributed by atoms with Crippen LogP contribution >= 0.6 is 0 Å². The molecule has 1 heterocycles. The topological polar surface area (TPSA) is 93.2 Å². The van der Waals surface area contributed by atoms with E-state index in [0.29, 0.717) is 36.5 Å². The summed E-state index contributed by atoms with van der Waals surface area (Å²) < 4.78 is 6.02. The molecule has 1 spiro atoms. The van der Waals surface area contributed by atoms with Gasteiger partial charge in [-0.3, -0.25) is 9.59 Å². The number of rotatable bonds is 0. The van der Waals surface area contributed by atoms with E-state index in [1.807, 2.05) is 0 Å². The molecule has 1 saturated heterocycles. The molecule has 6 aliphatic rings. The van der Waals surface area contributed by atoms with Crippen molar-refractivity contribution >= 4 is 11.8 Å². The summed E-state index contributed by atoms with van der Waals surface area (Å²) in [6.45, 7) is 4.51. The summed E-state index contributed by atoms with van der Waals surface area (Å²) in [5.41, 5.74) is 7.83. The zero-order chi connectivity index (χ0) is 20.4. The van der Waals surface area contributed by atoms with Crippen LogP contribution in [0.15, 0.2) is 22.9 Å². The highest BCUT2D eigenvalue weighted by atomic mass is 16.6. The van der Waals surface area contributed by atoms with Crippen molar-refractivity contribution in [3.05, 3.63) is 22.9 Å². The van der Waals surface area contributed by atoms with Crippen LogP contribution in [-0.2, 0) is 14.3 Å². The Morgan fingerprint density at radius 3 is 2.69 bits per heavy atom. The molecule has 5 heteroatoms. The lowest BCUT2D eigenvalue weighted by atomic mass is 9.43. The summed E-state index contributed by atoms with van der Waals surface area (Å²) in [5, 5.41) is 10.3. The minimum absolute atomic E-state index is 0.0582. The Morgan fingerprint density at radius 2 is 2.00 bits per heavy atom. The largest absolute Gasteiger partial charge is 0.458 e. The molecule has 3 saturated carbocycles. The molecule has 2 N–H and O–H groups in total. The van der Waals surface area contributed by atoms with Crippen LogP contribution in [0.25, 0.3) is 0 Å². The smallest absolute Gasteiger partial charge is 0.306 e. The summed E-state index contributed by atoms with van der Waals surface area (Å²) in [4.78, 5) is 24.9. The van der Waals surface area contributed by atoms with Crippen molar-refractivity contribution in [1.29, 1.82) is 5.26 Å². The van der Waals surface area contributed by atoms with E-state index in [1.54, 1.807) is 0 Å². The lowest BCUT2D eigenvalue weighted by Gasteiger charge is -2.59. The number of hydrogen-bond acceptors (Lipinski definition) is 5. The molecule has 5 nitrogen and oxygen atoms in total. The Bertz CT molecular complexity index is 989. The normalized spacial score (nSPS) is 52.2. The van der Waals surface area contributed by atoms with Crippen molar-refractivity contribution < 1.29 is 14.3 Å². The second kappa shape index (κ2) is 4.96. The van der Waals surface area contributed by atoms with Gasteiger partial charge in [0.15, 0.2) is 5.78 Å². The van der Waals surface area contributed by atoms with E-state index in [-0.39, 0.29) is 40.0 Å². The number of carbonyl (C=O) groups is 2. The molecule has 0 amide bonds. The van der Waals surface area contributed by atoms with E-state index in [4.69, 9.17) is 10.5 Å². The molecule has 2 bridgehead atoms. The highest BCUT2D eigenvalue weighted by Gasteiger charge is 2.73. The quantitative estimate of drug-likeness (QED) is 0.503. The molecule has 1 aliphatic heterocycles. The number of nitriles is 1. The van der Waals surface area contributed by atoms with Gasteiger partial charge in [-0.05, 0) is 50.4 Å². The first-order valence-electron chi connectivity index (χ1n) is 11.1. The average Bonchev–Trinajstić information content (AvgIpc) is 3.31. The molecule has 29 heavy (non-hydrogen) atoms. The maximum Gasteiger partial charge on any atom is 0.306 e. The highest BCUT2D eigenvalue weighted by Crippen LogP contribution is 2.75. The number of nitrogens with zero attached hydrogens (tertiary/aromatic N) is 1. The maximum absolute atomic E-state index is 12.9. The molecule has 152 valence electrons. The minimum Gasteiger partial charge on any atom is -0.458 e. The van der Waals surface area contributed by atoms with Gasteiger partial charge in [0, 0.05) is 40.9 Å². The highest BCUT2D eigenvalue weighted by molar-refractivity contribution is 6.00. The van der Waals surface area contributed by atoms with Crippen molar-refractivity contribution in [1.82, 2.24) is 0 Å². The predicted molar refractivity (Wildman–Crippen MR) is 105 cm³/mol. The Morgan fingerprint density at radius 1 is 1.21 bits per heavy atom. The molecule has 0 aromatic carbocycles. The van der Waals surface area contributed by atoms with Gasteiger partial charge < -0.3 is 10.5 Å². The van der Waals surface area contributed by atoms with Crippen molar-refractivity contribution in [2.75, 3.05) is 0 Å². The number of ether oxygens (including phenoxy) is 1. The Hall–Kier alpha value is -2.09. The van der Waals surface area contributed by atoms with E-state index < -0.39 is 5.41 Å². The van der Waals surface area contributed by atoms with Crippen molar-refractivity contribution in [2.45, 2.75) is 70.8 Å². The van der Waals surface area contributed by atoms with Crippen LogP contribution in [0.5, 0.6) is 0 Å². The second-order valence-corrected chi connectivity index (χ2v) is 10.8. The molecule has 0 radical (unpaired) electrons. The zero-order valence-electron chi connectivity index (χ0n) is 17.2. The first kappa shape index (κ1) is 17.7.